The van der Waals surface area contributed by atoms with Crippen molar-refractivity contribution in [2.75, 3.05) is 0 Å². The summed E-state index contributed by atoms with van der Waals surface area (Å²) in [6, 6.07) is 61.8. The normalized spacial score (nSPS) is 15.1. The van der Waals surface area contributed by atoms with Gasteiger partial charge in [-0.1, -0.05) is 184 Å². The van der Waals surface area contributed by atoms with Crippen LogP contribution in [0.15, 0.2) is 170 Å². The lowest BCUT2D eigenvalue weighted by molar-refractivity contribution is 0.660. The third-order valence-corrected chi connectivity index (χ3v) is 13.0. The molecule has 12 rings (SSSR count). The van der Waals surface area contributed by atoms with Crippen molar-refractivity contribution in [3.63, 3.8) is 0 Å². The molecule has 59 heavy (non-hydrogen) atoms. The molecule has 0 saturated heterocycles. The molecule has 3 nitrogen and oxygen atoms in total. The van der Waals surface area contributed by atoms with Gasteiger partial charge in [0.05, 0.1) is 0 Å². The van der Waals surface area contributed by atoms with Crippen LogP contribution in [-0.4, -0.2) is 15.0 Å². The number of fused-ring (bicyclic) bond motifs is 10. The highest BCUT2D eigenvalue weighted by atomic mass is 15.0. The number of hydrogen-bond donors (Lipinski definition) is 0. The summed E-state index contributed by atoms with van der Waals surface area (Å²) in [5, 5.41) is 12.2. The highest BCUT2D eigenvalue weighted by Crippen LogP contribution is 2.50. The Kier molecular flexibility index (Phi) is 7.40. The zero-order chi connectivity index (χ0) is 39.2. The van der Waals surface area contributed by atoms with E-state index in [0.29, 0.717) is 11.6 Å². The van der Waals surface area contributed by atoms with Gasteiger partial charge < -0.3 is 0 Å². The van der Waals surface area contributed by atoms with E-state index < -0.39 is 0 Å². The van der Waals surface area contributed by atoms with Crippen LogP contribution in [0.4, 0.5) is 0 Å². The summed E-state index contributed by atoms with van der Waals surface area (Å²) in [5.41, 5.74) is 9.76. The average Bonchev–Trinajstić information content (AvgIpc) is 3.53. The van der Waals surface area contributed by atoms with E-state index in [2.05, 4.69) is 196 Å². The Morgan fingerprint density at radius 3 is 1.95 bits per heavy atom. The highest BCUT2D eigenvalue weighted by Gasteiger charge is 2.35. The van der Waals surface area contributed by atoms with Gasteiger partial charge in [-0.15, -0.1) is 0 Å². The largest absolute Gasteiger partial charge is 0.212 e. The van der Waals surface area contributed by atoms with Crippen LogP contribution in [0.1, 0.15) is 43.1 Å². The third-order valence-electron chi connectivity index (χ3n) is 13.0. The number of nitrogens with zero attached hydrogens (tertiary/aromatic N) is 3. The maximum absolute atomic E-state index is 5.36. The van der Waals surface area contributed by atoms with E-state index in [1.54, 1.807) is 0 Å². The fourth-order valence-corrected chi connectivity index (χ4v) is 10.00. The molecule has 0 aliphatic heterocycles. The molecule has 0 saturated carbocycles. The van der Waals surface area contributed by atoms with E-state index in [9.17, 15) is 0 Å². The van der Waals surface area contributed by atoms with Crippen LogP contribution in [0.2, 0.25) is 0 Å². The van der Waals surface area contributed by atoms with Crippen molar-refractivity contribution in [3.8, 4) is 45.0 Å². The Balaban J connectivity index is 1.03. The average molecular weight is 754 g/mol. The maximum atomic E-state index is 5.36. The van der Waals surface area contributed by atoms with Crippen molar-refractivity contribution in [2.45, 2.75) is 31.6 Å². The Labute approximate surface area is 342 Å². The van der Waals surface area contributed by atoms with Crippen LogP contribution in [-0.2, 0) is 5.41 Å². The highest BCUT2D eigenvalue weighted by molar-refractivity contribution is 6.08. The van der Waals surface area contributed by atoms with Crippen LogP contribution < -0.4 is 10.4 Å². The molecule has 0 amide bonds. The summed E-state index contributed by atoms with van der Waals surface area (Å²) in [6.07, 6.45) is 5.53. The molecule has 0 N–H and O–H groups in total. The second-order valence-corrected chi connectivity index (χ2v) is 16.7. The van der Waals surface area contributed by atoms with Gasteiger partial charge in [-0.25, -0.2) is 15.0 Å². The SMILES string of the molecule is CC1(C)c2ccccc2-c2cc(-c3cccc4c(-c5nc(-c6ccc7c(ccc8ccccc87)c6)nc(C6C=c7ccc8ccccc8c7=CC6)n5)cccc34)ccc21. The van der Waals surface area contributed by atoms with E-state index >= 15 is 0 Å². The molecule has 1 heterocycles. The molecular formula is C56H39N3. The lowest BCUT2D eigenvalue weighted by Gasteiger charge is -2.21. The van der Waals surface area contributed by atoms with Crippen molar-refractivity contribution >= 4 is 55.2 Å². The van der Waals surface area contributed by atoms with Gasteiger partial charge in [0.2, 0.25) is 0 Å². The van der Waals surface area contributed by atoms with Crippen molar-refractivity contribution in [2.24, 2.45) is 0 Å². The number of aromatic nitrogens is 3. The van der Waals surface area contributed by atoms with Gasteiger partial charge in [0, 0.05) is 22.5 Å². The van der Waals surface area contributed by atoms with Crippen molar-refractivity contribution < 1.29 is 0 Å². The van der Waals surface area contributed by atoms with Gasteiger partial charge in [0.1, 0.15) is 5.82 Å². The quantitative estimate of drug-likeness (QED) is 0.168. The molecule has 2 aliphatic carbocycles. The van der Waals surface area contributed by atoms with Crippen LogP contribution in [0.3, 0.4) is 0 Å². The summed E-state index contributed by atoms with van der Waals surface area (Å²) < 4.78 is 0. The summed E-state index contributed by atoms with van der Waals surface area (Å²) in [6.45, 7) is 4.67. The predicted molar refractivity (Wildman–Crippen MR) is 246 cm³/mol. The Morgan fingerprint density at radius 1 is 0.441 bits per heavy atom. The zero-order valence-corrected chi connectivity index (χ0v) is 32.9. The molecule has 0 radical (unpaired) electrons. The van der Waals surface area contributed by atoms with Crippen molar-refractivity contribution in [3.05, 3.63) is 197 Å². The fourth-order valence-electron chi connectivity index (χ4n) is 10.00. The maximum Gasteiger partial charge on any atom is 0.164 e. The molecular weight excluding hydrogens is 715 g/mol. The first-order valence-corrected chi connectivity index (χ1v) is 20.6. The zero-order valence-electron chi connectivity index (χ0n) is 32.9. The van der Waals surface area contributed by atoms with Crippen LogP contribution in [0, 0.1) is 0 Å². The molecule has 2 aliphatic rings. The summed E-state index contributed by atoms with van der Waals surface area (Å²) >= 11 is 0. The van der Waals surface area contributed by atoms with Crippen molar-refractivity contribution in [1.29, 1.82) is 0 Å². The standard InChI is InChI=1S/C56H39N3/c1-56(2)51-20-8-7-15-48(51)50-33-38(27-30-52(50)56)43-16-9-18-47-46(43)17-10-19-49(47)55-58-53(39-25-28-44-36(31-39)23-21-34-11-3-5-13-41(34)44)57-54(59-55)40-26-29-45-37(32-40)24-22-35-12-4-6-14-42(35)45/h3-25,27-33,40H,26H2,1-2H3. The molecule has 0 bridgehead atoms. The lowest BCUT2D eigenvalue weighted by Crippen LogP contribution is -2.29. The van der Waals surface area contributed by atoms with E-state index in [1.165, 1.54) is 81.5 Å². The van der Waals surface area contributed by atoms with Gasteiger partial charge in [0.25, 0.3) is 0 Å². The van der Waals surface area contributed by atoms with Gasteiger partial charge in [-0.2, -0.15) is 0 Å². The summed E-state index contributed by atoms with van der Waals surface area (Å²) in [5.74, 6) is 2.16. The molecule has 10 aromatic rings. The number of hydrogen-bond acceptors (Lipinski definition) is 3. The molecule has 278 valence electrons. The van der Waals surface area contributed by atoms with E-state index in [-0.39, 0.29) is 11.3 Å². The third kappa shape index (κ3) is 5.31. The van der Waals surface area contributed by atoms with E-state index in [1.807, 2.05) is 0 Å². The monoisotopic (exact) mass is 753 g/mol. The summed E-state index contributed by atoms with van der Waals surface area (Å²) in [7, 11) is 0. The summed E-state index contributed by atoms with van der Waals surface area (Å²) in [4.78, 5) is 16.0. The first-order chi connectivity index (χ1) is 29.0. The Morgan fingerprint density at radius 2 is 1.07 bits per heavy atom. The molecule has 0 fully saturated rings. The minimum absolute atomic E-state index is 0.00218. The second kappa shape index (κ2) is 12.9. The second-order valence-electron chi connectivity index (χ2n) is 16.7. The first kappa shape index (κ1) is 33.9. The minimum atomic E-state index is -0.0350. The minimum Gasteiger partial charge on any atom is -0.212 e. The fraction of sp³-hybridized carbons (Fsp3) is 0.0893. The molecule has 9 aromatic carbocycles. The van der Waals surface area contributed by atoms with Crippen molar-refractivity contribution in [1.82, 2.24) is 15.0 Å². The molecule has 1 atom stereocenters. The Hall–Kier alpha value is -7.23. The Bertz CT molecular complexity index is 3520. The molecule has 0 spiro atoms. The van der Waals surface area contributed by atoms with Crippen LogP contribution in [0.5, 0.6) is 0 Å². The van der Waals surface area contributed by atoms with Crippen LogP contribution >= 0.6 is 0 Å². The van der Waals surface area contributed by atoms with Gasteiger partial charge in [-0.3, -0.25) is 0 Å². The van der Waals surface area contributed by atoms with E-state index in [0.717, 1.165) is 28.8 Å². The van der Waals surface area contributed by atoms with Gasteiger partial charge in [-0.05, 0) is 105 Å². The molecule has 1 aromatic heterocycles. The van der Waals surface area contributed by atoms with E-state index in [4.69, 9.17) is 15.0 Å². The number of rotatable bonds is 4. The smallest absolute Gasteiger partial charge is 0.164 e. The first-order valence-electron chi connectivity index (χ1n) is 20.6. The molecule has 1 unspecified atom stereocenters. The van der Waals surface area contributed by atoms with Gasteiger partial charge >= 0.3 is 0 Å². The lowest BCUT2D eigenvalue weighted by atomic mass is 9.82. The van der Waals surface area contributed by atoms with Gasteiger partial charge in [0.15, 0.2) is 11.6 Å². The molecule has 3 heteroatoms. The van der Waals surface area contributed by atoms with Crippen LogP contribution in [0.25, 0.3) is 100 Å². The number of benzene rings is 9. The topological polar surface area (TPSA) is 38.7 Å². The predicted octanol–water partition coefficient (Wildman–Crippen LogP) is 12.5.